The van der Waals surface area contributed by atoms with Crippen LogP contribution in [0.25, 0.3) is 5.69 Å². The molecule has 0 spiro atoms. The molecule has 3 aromatic rings. The highest BCUT2D eigenvalue weighted by Crippen LogP contribution is 2.32. The Morgan fingerprint density at radius 2 is 2.21 bits per heavy atom. The Labute approximate surface area is 161 Å². The van der Waals surface area contributed by atoms with E-state index in [9.17, 15) is 4.79 Å². The number of hydrogen-bond acceptors (Lipinski definition) is 7. The fourth-order valence-corrected chi connectivity index (χ4v) is 3.38. The lowest BCUT2D eigenvalue weighted by molar-refractivity contribution is 0.193. The van der Waals surface area contributed by atoms with Gasteiger partial charge >= 0.3 is 6.03 Å². The lowest BCUT2D eigenvalue weighted by Crippen LogP contribution is -2.34. The zero-order valence-corrected chi connectivity index (χ0v) is 16.1. The fraction of sp³-hybridized carbons (Fsp3) is 0.444. The normalized spacial score (nSPS) is 16.5. The Kier molecular flexibility index (Phi) is 4.76. The van der Waals surface area contributed by atoms with Crippen LogP contribution in [0.2, 0.25) is 0 Å². The average Bonchev–Trinajstić information content (AvgIpc) is 3.45. The summed E-state index contributed by atoms with van der Waals surface area (Å²) in [5.41, 5.74) is 3.53. The van der Waals surface area contributed by atoms with Crippen molar-refractivity contribution in [3.8, 4) is 5.69 Å². The summed E-state index contributed by atoms with van der Waals surface area (Å²) < 4.78 is 6.93. The van der Waals surface area contributed by atoms with Crippen LogP contribution in [-0.2, 0) is 6.42 Å². The molecule has 0 unspecified atom stereocenters. The number of carbonyl (C=O) groups excluding carboxylic acids is 1. The van der Waals surface area contributed by atoms with Crippen LogP contribution in [0.5, 0.6) is 0 Å². The molecular formula is C18H22N8O2. The maximum Gasteiger partial charge on any atom is 0.322 e. The maximum absolute atomic E-state index is 13.0. The lowest BCUT2D eigenvalue weighted by Gasteiger charge is -2.23. The summed E-state index contributed by atoms with van der Waals surface area (Å²) in [7, 11) is 0. The van der Waals surface area contributed by atoms with Crippen molar-refractivity contribution < 1.29 is 9.32 Å². The molecule has 1 atom stereocenters. The van der Waals surface area contributed by atoms with Crippen LogP contribution in [0.15, 0.2) is 23.0 Å². The first kappa shape index (κ1) is 18.1. The van der Waals surface area contributed by atoms with Crippen molar-refractivity contribution in [2.75, 3.05) is 11.9 Å². The van der Waals surface area contributed by atoms with Crippen LogP contribution in [-0.4, -0.2) is 47.8 Å². The minimum atomic E-state index is -0.197. The fourth-order valence-electron chi connectivity index (χ4n) is 3.38. The highest BCUT2D eigenvalue weighted by atomic mass is 16.5. The van der Waals surface area contributed by atoms with E-state index in [1.165, 1.54) is 6.33 Å². The standard InChI is InChI=1S/C18H22N8O2/c1-4-16-21-17(28-22-16)15-6-5-7-25(15)18(27)20-14-9-13(8-11(2)12(14)3)26-10-19-23-24-26/h8-10,15H,4-7H2,1-3H3,(H,20,27)/t15-/m0/s1. The van der Waals surface area contributed by atoms with Crippen molar-refractivity contribution in [2.24, 2.45) is 0 Å². The molecule has 0 bridgehead atoms. The van der Waals surface area contributed by atoms with Crippen LogP contribution < -0.4 is 5.32 Å². The van der Waals surface area contributed by atoms with Gasteiger partial charge in [0.05, 0.1) is 5.69 Å². The molecule has 2 aromatic heterocycles. The van der Waals surface area contributed by atoms with Crippen LogP contribution in [0.1, 0.15) is 48.6 Å². The molecule has 146 valence electrons. The second kappa shape index (κ2) is 7.37. The molecule has 1 aliphatic heterocycles. The Hall–Kier alpha value is -3.30. The number of aromatic nitrogens is 6. The van der Waals surface area contributed by atoms with Gasteiger partial charge in [0.2, 0.25) is 5.89 Å². The van der Waals surface area contributed by atoms with Gasteiger partial charge in [0.15, 0.2) is 5.82 Å². The van der Waals surface area contributed by atoms with E-state index in [4.69, 9.17) is 4.52 Å². The minimum absolute atomic E-state index is 0.185. The summed E-state index contributed by atoms with van der Waals surface area (Å²) in [6.45, 7) is 6.57. The average molecular weight is 382 g/mol. The van der Waals surface area contributed by atoms with Gasteiger partial charge in [-0.2, -0.15) is 4.98 Å². The second-order valence-electron chi connectivity index (χ2n) is 6.87. The first-order valence-electron chi connectivity index (χ1n) is 9.31. The molecule has 1 saturated heterocycles. The molecule has 0 saturated carbocycles. The summed E-state index contributed by atoms with van der Waals surface area (Å²) in [6.07, 6.45) is 3.92. The van der Waals surface area contributed by atoms with Gasteiger partial charge in [0.25, 0.3) is 0 Å². The number of benzene rings is 1. The quantitative estimate of drug-likeness (QED) is 0.737. The van der Waals surface area contributed by atoms with Gasteiger partial charge in [-0.05, 0) is 60.4 Å². The number of hydrogen-bond donors (Lipinski definition) is 1. The number of nitrogens with zero attached hydrogens (tertiary/aromatic N) is 7. The van der Waals surface area contributed by atoms with Crippen LogP contribution >= 0.6 is 0 Å². The van der Waals surface area contributed by atoms with Crippen molar-refractivity contribution in [3.05, 3.63) is 41.3 Å². The van der Waals surface area contributed by atoms with Gasteiger partial charge in [-0.15, -0.1) is 5.10 Å². The molecule has 0 aliphatic carbocycles. The molecule has 10 heteroatoms. The van der Waals surface area contributed by atoms with Crippen LogP contribution in [0.3, 0.4) is 0 Å². The Morgan fingerprint density at radius 3 is 2.93 bits per heavy atom. The number of tetrazole rings is 1. The van der Waals surface area contributed by atoms with Crippen molar-refractivity contribution in [1.82, 2.24) is 35.2 Å². The Morgan fingerprint density at radius 1 is 1.36 bits per heavy atom. The SMILES string of the molecule is CCc1noc([C@@H]2CCCN2C(=O)Nc2cc(-n3cnnn3)cc(C)c2C)n1. The van der Waals surface area contributed by atoms with E-state index < -0.39 is 0 Å². The molecule has 28 heavy (non-hydrogen) atoms. The summed E-state index contributed by atoms with van der Waals surface area (Å²) in [6, 6.07) is 3.46. The van der Waals surface area contributed by atoms with Crippen LogP contribution in [0, 0.1) is 13.8 Å². The third-order valence-electron chi connectivity index (χ3n) is 5.11. The molecule has 4 rings (SSSR count). The predicted octanol–water partition coefficient (Wildman–Crippen LogP) is 2.59. The molecule has 3 heterocycles. The van der Waals surface area contributed by atoms with Gasteiger partial charge in [-0.1, -0.05) is 12.1 Å². The number of likely N-dealkylation sites (tertiary alicyclic amines) is 1. The first-order valence-corrected chi connectivity index (χ1v) is 9.31. The van der Waals surface area contributed by atoms with E-state index in [1.807, 2.05) is 32.9 Å². The Bertz CT molecular complexity index is 982. The molecule has 2 amide bonds. The molecule has 1 aromatic carbocycles. The van der Waals surface area contributed by atoms with Gasteiger partial charge in [-0.3, -0.25) is 0 Å². The van der Waals surface area contributed by atoms with Gasteiger partial charge in [-0.25, -0.2) is 9.48 Å². The molecule has 1 N–H and O–H groups in total. The number of carbonyl (C=O) groups is 1. The van der Waals surface area contributed by atoms with E-state index in [2.05, 4.69) is 31.0 Å². The van der Waals surface area contributed by atoms with E-state index in [0.717, 1.165) is 35.3 Å². The van der Waals surface area contributed by atoms with Gasteiger partial charge < -0.3 is 14.7 Å². The highest BCUT2D eigenvalue weighted by Gasteiger charge is 2.34. The second-order valence-corrected chi connectivity index (χ2v) is 6.87. The zero-order valence-electron chi connectivity index (χ0n) is 16.1. The third-order valence-corrected chi connectivity index (χ3v) is 5.11. The Balaban J connectivity index is 1.57. The first-order chi connectivity index (χ1) is 13.6. The molecule has 0 radical (unpaired) electrons. The van der Waals surface area contributed by atoms with Crippen molar-refractivity contribution in [1.29, 1.82) is 0 Å². The highest BCUT2D eigenvalue weighted by molar-refractivity contribution is 5.91. The van der Waals surface area contributed by atoms with Crippen molar-refractivity contribution in [2.45, 2.75) is 46.1 Å². The third kappa shape index (κ3) is 3.32. The molecular weight excluding hydrogens is 360 g/mol. The monoisotopic (exact) mass is 382 g/mol. The van der Waals surface area contributed by atoms with E-state index >= 15 is 0 Å². The zero-order chi connectivity index (χ0) is 19.7. The van der Waals surface area contributed by atoms with Crippen molar-refractivity contribution in [3.63, 3.8) is 0 Å². The molecule has 1 fully saturated rings. The molecule has 10 nitrogen and oxygen atoms in total. The number of anilines is 1. The largest absolute Gasteiger partial charge is 0.337 e. The smallest absolute Gasteiger partial charge is 0.322 e. The number of aryl methyl sites for hydroxylation is 2. The summed E-state index contributed by atoms with van der Waals surface area (Å²) in [5, 5.41) is 18.3. The van der Waals surface area contributed by atoms with Gasteiger partial charge in [0, 0.05) is 18.7 Å². The number of urea groups is 1. The minimum Gasteiger partial charge on any atom is -0.337 e. The number of rotatable bonds is 4. The maximum atomic E-state index is 13.0. The number of nitrogens with one attached hydrogen (secondary N) is 1. The predicted molar refractivity (Wildman–Crippen MR) is 100 cm³/mol. The summed E-state index contributed by atoms with van der Waals surface area (Å²) >= 11 is 0. The topological polar surface area (TPSA) is 115 Å². The van der Waals surface area contributed by atoms with E-state index in [-0.39, 0.29) is 12.1 Å². The molecule has 1 aliphatic rings. The summed E-state index contributed by atoms with van der Waals surface area (Å²) in [5.74, 6) is 1.16. The van der Waals surface area contributed by atoms with E-state index in [0.29, 0.717) is 24.7 Å². The van der Waals surface area contributed by atoms with E-state index in [1.54, 1.807) is 9.58 Å². The van der Waals surface area contributed by atoms with Crippen molar-refractivity contribution >= 4 is 11.7 Å². The number of amides is 2. The lowest BCUT2D eigenvalue weighted by atomic mass is 10.1. The van der Waals surface area contributed by atoms with Crippen LogP contribution in [0.4, 0.5) is 10.5 Å². The summed E-state index contributed by atoms with van der Waals surface area (Å²) in [4.78, 5) is 19.2. The van der Waals surface area contributed by atoms with Gasteiger partial charge in [0.1, 0.15) is 12.4 Å².